The summed E-state index contributed by atoms with van der Waals surface area (Å²) in [6, 6.07) is 17.1. The Morgan fingerprint density at radius 1 is 1.00 bits per heavy atom. The van der Waals surface area contributed by atoms with Crippen LogP contribution in [0.25, 0.3) is 0 Å². The molecule has 1 amide bonds. The maximum atomic E-state index is 12.9. The first kappa shape index (κ1) is 22.0. The highest BCUT2D eigenvalue weighted by Gasteiger charge is 2.33. The first-order valence-corrected chi connectivity index (χ1v) is 12.6. The number of nitrogens with one attached hydrogen (secondary N) is 1. The number of amides is 1. The number of hydrogen-bond donors (Lipinski definition) is 1. The highest BCUT2D eigenvalue weighted by Crippen LogP contribution is 2.24. The first-order valence-electron chi connectivity index (χ1n) is 11.2. The summed E-state index contributed by atoms with van der Waals surface area (Å²) in [6.45, 7) is 4.33. The lowest BCUT2D eigenvalue weighted by Gasteiger charge is -2.31. The van der Waals surface area contributed by atoms with Crippen molar-refractivity contribution < 1.29 is 13.2 Å². The SMILES string of the molecule is O=C(NCCCN1CCc2ccccc2C1)[C@@H]1CCCN(S(=O)(=O)c2ccccc2)C1. The van der Waals surface area contributed by atoms with E-state index in [0.29, 0.717) is 24.4 Å². The zero-order valence-electron chi connectivity index (χ0n) is 17.9. The van der Waals surface area contributed by atoms with E-state index in [1.54, 1.807) is 30.3 Å². The number of piperidine rings is 1. The third-order valence-electron chi connectivity index (χ3n) is 6.30. The molecule has 1 saturated heterocycles. The van der Waals surface area contributed by atoms with E-state index in [9.17, 15) is 13.2 Å². The van der Waals surface area contributed by atoms with Gasteiger partial charge in [0.05, 0.1) is 10.8 Å². The molecule has 7 heteroatoms. The second kappa shape index (κ2) is 9.94. The van der Waals surface area contributed by atoms with Crippen LogP contribution in [-0.2, 0) is 27.8 Å². The molecule has 0 spiro atoms. The maximum absolute atomic E-state index is 12.9. The van der Waals surface area contributed by atoms with Gasteiger partial charge in [0.2, 0.25) is 15.9 Å². The Kier molecular flexibility index (Phi) is 7.05. The lowest BCUT2D eigenvalue weighted by molar-refractivity contribution is -0.126. The Hall–Kier alpha value is -2.22. The molecule has 31 heavy (non-hydrogen) atoms. The molecule has 2 aliphatic heterocycles. The van der Waals surface area contributed by atoms with Gasteiger partial charge in [-0.1, -0.05) is 42.5 Å². The Labute approximate surface area is 185 Å². The summed E-state index contributed by atoms with van der Waals surface area (Å²) in [5.41, 5.74) is 2.85. The fourth-order valence-corrected chi connectivity index (χ4v) is 6.06. The van der Waals surface area contributed by atoms with Crippen LogP contribution in [0.4, 0.5) is 0 Å². The second-order valence-corrected chi connectivity index (χ2v) is 10.4. The fraction of sp³-hybridized carbons (Fsp3) is 0.458. The summed E-state index contributed by atoms with van der Waals surface area (Å²) < 4.78 is 27.2. The maximum Gasteiger partial charge on any atom is 0.243 e. The molecule has 0 saturated carbocycles. The van der Waals surface area contributed by atoms with Gasteiger partial charge in [-0.2, -0.15) is 4.31 Å². The third kappa shape index (κ3) is 5.34. The topological polar surface area (TPSA) is 69.7 Å². The van der Waals surface area contributed by atoms with Gasteiger partial charge in [-0.25, -0.2) is 8.42 Å². The number of carbonyl (C=O) groups is 1. The first-order chi connectivity index (χ1) is 15.0. The van der Waals surface area contributed by atoms with Gasteiger partial charge in [-0.05, 0) is 48.9 Å². The van der Waals surface area contributed by atoms with Gasteiger partial charge in [-0.15, -0.1) is 0 Å². The number of sulfonamides is 1. The van der Waals surface area contributed by atoms with Crippen LogP contribution in [-0.4, -0.2) is 56.3 Å². The van der Waals surface area contributed by atoms with E-state index in [-0.39, 0.29) is 18.4 Å². The molecule has 0 aromatic heterocycles. The zero-order valence-corrected chi connectivity index (χ0v) is 18.7. The number of benzene rings is 2. The van der Waals surface area contributed by atoms with Crippen LogP contribution in [0, 0.1) is 5.92 Å². The molecule has 1 fully saturated rings. The van der Waals surface area contributed by atoms with Crippen molar-refractivity contribution in [3.05, 3.63) is 65.7 Å². The summed E-state index contributed by atoms with van der Waals surface area (Å²) in [5, 5.41) is 3.04. The van der Waals surface area contributed by atoms with E-state index >= 15 is 0 Å². The van der Waals surface area contributed by atoms with Crippen molar-refractivity contribution >= 4 is 15.9 Å². The van der Waals surface area contributed by atoms with Crippen molar-refractivity contribution in [2.75, 3.05) is 32.7 Å². The summed E-state index contributed by atoms with van der Waals surface area (Å²) in [5.74, 6) is -0.314. The van der Waals surface area contributed by atoms with Gasteiger partial charge >= 0.3 is 0 Å². The van der Waals surface area contributed by atoms with Crippen LogP contribution in [0.3, 0.4) is 0 Å². The van der Waals surface area contributed by atoms with Crippen molar-refractivity contribution in [1.29, 1.82) is 0 Å². The monoisotopic (exact) mass is 441 g/mol. The highest BCUT2D eigenvalue weighted by atomic mass is 32.2. The average molecular weight is 442 g/mol. The molecule has 0 unspecified atom stereocenters. The van der Waals surface area contributed by atoms with E-state index in [2.05, 4.69) is 34.5 Å². The molecule has 1 N–H and O–H groups in total. The van der Waals surface area contributed by atoms with E-state index in [4.69, 9.17) is 0 Å². The Balaban J connectivity index is 1.23. The standard InChI is InChI=1S/C24H31N3O3S/c28-24(25-14-7-15-26-17-13-20-8-4-5-9-21(20)18-26)22-10-6-16-27(19-22)31(29,30)23-11-2-1-3-12-23/h1-5,8-9,11-12,22H,6-7,10,13-19H2,(H,25,28)/t22-/m1/s1. The smallest absolute Gasteiger partial charge is 0.243 e. The minimum Gasteiger partial charge on any atom is -0.356 e. The lowest BCUT2D eigenvalue weighted by atomic mass is 9.98. The molecule has 2 aromatic carbocycles. The minimum absolute atomic E-state index is 0.0306. The van der Waals surface area contributed by atoms with Crippen molar-refractivity contribution in [1.82, 2.24) is 14.5 Å². The summed E-state index contributed by atoms with van der Waals surface area (Å²) in [7, 11) is -3.55. The summed E-state index contributed by atoms with van der Waals surface area (Å²) in [6.07, 6.45) is 3.41. The number of fused-ring (bicyclic) bond motifs is 1. The van der Waals surface area contributed by atoms with Crippen molar-refractivity contribution in [2.24, 2.45) is 5.92 Å². The summed E-state index contributed by atoms with van der Waals surface area (Å²) >= 11 is 0. The van der Waals surface area contributed by atoms with Crippen molar-refractivity contribution in [2.45, 2.75) is 37.1 Å². The van der Waals surface area contributed by atoms with Crippen LogP contribution >= 0.6 is 0 Å². The molecule has 2 aliphatic rings. The normalized spacial score (nSPS) is 20.2. The molecule has 0 bridgehead atoms. The summed E-state index contributed by atoms with van der Waals surface area (Å²) in [4.78, 5) is 15.4. The predicted octanol–water partition coefficient (Wildman–Crippen LogP) is 2.65. The van der Waals surface area contributed by atoms with E-state index in [1.165, 1.54) is 15.4 Å². The van der Waals surface area contributed by atoms with Gasteiger partial charge in [0, 0.05) is 39.3 Å². The molecular weight excluding hydrogens is 410 g/mol. The molecule has 0 radical (unpaired) electrons. The van der Waals surface area contributed by atoms with Gasteiger partial charge in [0.25, 0.3) is 0 Å². The largest absolute Gasteiger partial charge is 0.356 e. The molecule has 166 valence electrons. The van der Waals surface area contributed by atoms with Gasteiger partial charge in [-0.3, -0.25) is 9.69 Å². The molecule has 2 heterocycles. The van der Waals surface area contributed by atoms with Gasteiger partial charge in [0.1, 0.15) is 0 Å². The number of nitrogens with zero attached hydrogens (tertiary/aromatic N) is 2. The van der Waals surface area contributed by atoms with Crippen LogP contribution < -0.4 is 5.32 Å². The van der Waals surface area contributed by atoms with Crippen molar-refractivity contribution in [3.63, 3.8) is 0 Å². The second-order valence-electron chi connectivity index (χ2n) is 8.45. The lowest BCUT2D eigenvalue weighted by Crippen LogP contribution is -2.45. The Morgan fingerprint density at radius 2 is 1.74 bits per heavy atom. The van der Waals surface area contributed by atoms with Gasteiger partial charge < -0.3 is 5.32 Å². The molecular formula is C24H31N3O3S. The predicted molar refractivity (Wildman–Crippen MR) is 121 cm³/mol. The van der Waals surface area contributed by atoms with E-state index in [0.717, 1.165) is 38.9 Å². The van der Waals surface area contributed by atoms with Crippen molar-refractivity contribution in [3.8, 4) is 0 Å². The van der Waals surface area contributed by atoms with Crippen LogP contribution in [0.1, 0.15) is 30.4 Å². The van der Waals surface area contributed by atoms with Crippen LogP contribution in [0.15, 0.2) is 59.5 Å². The molecule has 0 aliphatic carbocycles. The molecule has 6 nitrogen and oxygen atoms in total. The Bertz CT molecular complexity index is 994. The minimum atomic E-state index is -3.55. The third-order valence-corrected chi connectivity index (χ3v) is 8.18. The number of rotatable bonds is 7. The Morgan fingerprint density at radius 3 is 2.55 bits per heavy atom. The average Bonchev–Trinajstić information content (AvgIpc) is 2.82. The van der Waals surface area contributed by atoms with Crippen LogP contribution in [0.2, 0.25) is 0 Å². The zero-order chi connectivity index (χ0) is 21.7. The van der Waals surface area contributed by atoms with E-state index < -0.39 is 10.0 Å². The number of carbonyl (C=O) groups excluding carboxylic acids is 1. The fourth-order valence-electron chi connectivity index (χ4n) is 4.52. The molecule has 4 rings (SSSR count). The molecule has 2 aromatic rings. The quantitative estimate of drug-likeness (QED) is 0.671. The van der Waals surface area contributed by atoms with Gasteiger partial charge in [0.15, 0.2) is 0 Å². The molecule has 1 atom stereocenters. The number of hydrogen-bond acceptors (Lipinski definition) is 4. The highest BCUT2D eigenvalue weighted by molar-refractivity contribution is 7.89. The van der Waals surface area contributed by atoms with Crippen LogP contribution in [0.5, 0.6) is 0 Å². The van der Waals surface area contributed by atoms with E-state index in [1.807, 2.05) is 0 Å².